The lowest BCUT2D eigenvalue weighted by atomic mass is 10.0. The number of carbonyl (C=O) groups excluding carboxylic acids is 2. The highest BCUT2D eigenvalue weighted by Gasteiger charge is 2.29. The first-order valence-corrected chi connectivity index (χ1v) is 7.22. The zero-order valence-corrected chi connectivity index (χ0v) is 12.7. The molecule has 2 heterocycles. The number of anilines is 2. The van der Waals surface area contributed by atoms with E-state index in [0.717, 1.165) is 0 Å². The van der Waals surface area contributed by atoms with E-state index in [-0.39, 0.29) is 23.3 Å². The van der Waals surface area contributed by atoms with E-state index in [1.54, 1.807) is 22.9 Å². The molecular formula is C13H11Cl2N5O2. The Morgan fingerprint density at radius 1 is 1.45 bits per heavy atom. The first-order valence-electron chi connectivity index (χ1n) is 6.47. The van der Waals surface area contributed by atoms with Crippen molar-refractivity contribution in [1.29, 1.82) is 0 Å². The van der Waals surface area contributed by atoms with E-state index in [0.29, 0.717) is 23.2 Å². The van der Waals surface area contributed by atoms with E-state index in [9.17, 15) is 9.59 Å². The summed E-state index contributed by atoms with van der Waals surface area (Å²) in [6.45, 7) is 0.303. The highest BCUT2D eigenvalue weighted by Crippen LogP contribution is 2.30. The van der Waals surface area contributed by atoms with Gasteiger partial charge in [0.05, 0.1) is 28.2 Å². The number of halogens is 2. The topological polar surface area (TPSA) is 88.9 Å². The van der Waals surface area contributed by atoms with Crippen LogP contribution in [0.5, 0.6) is 0 Å². The van der Waals surface area contributed by atoms with Crippen LogP contribution in [0.25, 0.3) is 0 Å². The molecule has 1 aromatic heterocycles. The Kier molecular flexibility index (Phi) is 4.00. The van der Waals surface area contributed by atoms with Crippen molar-refractivity contribution >= 4 is 46.7 Å². The summed E-state index contributed by atoms with van der Waals surface area (Å²) in [6.07, 6.45) is 1.36. The van der Waals surface area contributed by atoms with Crippen LogP contribution in [-0.2, 0) is 16.1 Å². The number of nitrogens with zero attached hydrogens (tertiary/aromatic N) is 3. The third-order valence-electron chi connectivity index (χ3n) is 3.27. The van der Waals surface area contributed by atoms with Crippen molar-refractivity contribution in [1.82, 2.24) is 14.8 Å². The lowest BCUT2D eigenvalue weighted by Gasteiger charge is -2.21. The fourth-order valence-corrected chi connectivity index (χ4v) is 2.53. The van der Waals surface area contributed by atoms with Gasteiger partial charge in [-0.1, -0.05) is 29.3 Å². The number of hydrogen-bond donors (Lipinski definition) is 2. The monoisotopic (exact) mass is 339 g/mol. The second-order valence-electron chi connectivity index (χ2n) is 4.81. The maximum atomic E-state index is 12.1. The molecule has 22 heavy (non-hydrogen) atoms. The molecule has 2 amide bonds. The molecule has 0 radical (unpaired) electrons. The Morgan fingerprint density at radius 3 is 3.09 bits per heavy atom. The van der Waals surface area contributed by atoms with Crippen molar-refractivity contribution in [2.45, 2.75) is 13.0 Å². The second kappa shape index (κ2) is 5.94. The molecule has 0 unspecified atom stereocenters. The van der Waals surface area contributed by atoms with Crippen LogP contribution < -0.4 is 10.6 Å². The van der Waals surface area contributed by atoms with Gasteiger partial charge in [-0.05, 0) is 12.1 Å². The van der Waals surface area contributed by atoms with Gasteiger partial charge in [-0.25, -0.2) is 4.68 Å². The van der Waals surface area contributed by atoms with Gasteiger partial charge < -0.3 is 5.32 Å². The third kappa shape index (κ3) is 2.90. The quantitative estimate of drug-likeness (QED) is 0.896. The number of fused-ring (bicyclic) bond motifs is 1. The number of aromatic nitrogens is 3. The molecule has 9 heteroatoms. The van der Waals surface area contributed by atoms with Gasteiger partial charge in [0.1, 0.15) is 6.33 Å². The molecule has 2 N–H and O–H groups in total. The summed E-state index contributed by atoms with van der Waals surface area (Å²) in [5.74, 6) is -0.715. The number of carbonyl (C=O) groups is 2. The fourth-order valence-electron chi connectivity index (χ4n) is 2.18. The van der Waals surface area contributed by atoms with Gasteiger partial charge in [-0.3, -0.25) is 14.9 Å². The largest absolute Gasteiger partial charge is 0.325 e. The Morgan fingerprint density at radius 2 is 2.27 bits per heavy atom. The summed E-state index contributed by atoms with van der Waals surface area (Å²) in [7, 11) is 0. The molecule has 0 aliphatic carbocycles. The molecule has 114 valence electrons. The van der Waals surface area contributed by atoms with Crippen molar-refractivity contribution in [2.24, 2.45) is 5.92 Å². The SMILES string of the molecule is O=C(C[C@H]1Cn2ncnc2NC1=O)Nc1cccc(Cl)c1Cl. The standard InChI is InChI=1S/C13H11Cl2N5O2/c14-8-2-1-3-9(11(8)15)18-10(21)4-7-5-20-13(16-6-17-20)19-12(7)22/h1-3,6-7H,4-5H2,(H,18,21)(H,16,17,19,22)/t7-/m0/s1. The summed E-state index contributed by atoms with van der Waals surface area (Å²) in [5, 5.41) is 9.85. The number of hydrogen-bond acceptors (Lipinski definition) is 4. The summed E-state index contributed by atoms with van der Waals surface area (Å²) in [6, 6.07) is 4.95. The molecule has 1 atom stereocenters. The van der Waals surface area contributed by atoms with Crippen LogP contribution in [0, 0.1) is 5.92 Å². The molecule has 1 aliphatic heterocycles. The minimum atomic E-state index is -0.521. The van der Waals surface area contributed by atoms with E-state index in [4.69, 9.17) is 23.2 Å². The van der Waals surface area contributed by atoms with E-state index in [1.807, 2.05) is 0 Å². The summed E-state index contributed by atoms with van der Waals surface area (Å²) >= 11 is 11.9. The van der Waals surface area contributed by atoms with Crippen LogP contribution in [0.1, 0.15) is 6.42 Å². The Labute approximate surface area is 135 Å². The average molecular weight is 340 g/mol. The van der Waals surface area contributed by atoms with Crippen LogP contribution in [0.4, 0.5) is 11.6 Å². The second-order valence-corrected chi connectivity index (χ2v) is 5.59. The first-order chi connectivity index (χ1) is 10.5. The zero-order valence-electron chi connectivity index (χ0n) is 11.2. The Balaban J connectivity index is 1.67. The van der Waals surface area contributed by atoms with Crippen molar-refractivity contribution in [2.75, 3.05) is 10.6 Å². The van der Waals surface area contributed by atoms with Crippen molar-refractivity contribution < 1.29 is 9.59 Å². The van der Waals surface area contributed by atoms with Gasteiger partial charge in [0.25, 0.3) is 0 Å². The van der Waals surface area contributed by atoms with Gasteiger partial charge in [0.15, 0.2) is 0 Å². The highest BCUT2D eigenvalue weighted by molar-refractivity contribution is 6.44. The van der Waals surface area contributed by atoms with Gasteiger partial charge >= 0.3 is 0 Å². The number of rotatable bonds is 3. The minimum Gasteiger partial charge on any atom is -0.325 e. The van der Waals surface area contributed by atoms with Crippen LogP contribution in [0.3, 0.4) is 0 Å². The zero-order chi connectivity index (χ0) is 15.7. The van der Waals surface area contributed by atoms with Gasteiger partial charge in [0, 0.05) is 6.42 Å². The number of nitrogens with one attached hydrogen (secondary N) is 2. The third-order valence-corrected chi connectivity index (χ3v) is 4.09. The van der Waals surface area contributed by atoms with Crippen molar-refractivity contribution in [3.8, 4) is 0 Å². The molecule has 0 fully saturated rings. The molecule has 1 aliphatic rings. The molecule has 7 nitrogen and oxygen atoms in total. The normalized spacial score (nSPS) is 16.8. The van der Waals surface area contributed by atoms with Crippen molar-refractivity contribution in [3.05, 3.63) is 34.6 Å². The molecule has 0 saturated carbocycles. The van der Waals surface area contributed by atoms with Crippen LogP contribution in [-0.4, -0.2) is 26.6 Å². The average Bonchev–Trinajstić information content (AvgIpc) is 2.91. The molecule has 0 spiro atoms. The summed E-state index contributed by atoms with van der Waals surface area (Å²) in [4.78, 5) is 27.9. The predicted octanol–water partition coefficient (Wildman–Crippen LogP) is 2.18. The maximum Gasteiger partial charge on any atom is 0.232 e. The number of benzene rings is 1. The highest BCUT2D eigenvalue weighted by atomic mass is 35.5. The summed E-state index contributed by atoms with van der Waals surface area (Å²) in [5.41, 5.74) is 0.414. The molecule has 2 aromatic rings. The lowest BCUT2D eigenvalue weighted by Crippen LogP contribution is -2.36. The molecule has 3 rings (SSSR count). The maximum absolute atomic E-state index is 12.1. The Hall–Kier alpha value is -2.12. The molecule has 0 bridgehead atoms. The number of amides is 2. The van der Waals surface area contributed by atoms with E-state index in [1.165, 1.54) is 6.33 Å². The molecule has 1 aromatic carbocycles. The Bertz CT molecular complexity index is 746. The predicted molar refractivity (Wildman–Crippen MR) is 81.9 cm³/mol. The molecular weight excluding hydrogens is 329 g/mol. The van der Waals surface area contributed by atoms with Crippen LogP contribution in [0.2, 0.25) is 10.0 Å². The lowest BCUT2D eigenvalue weighted by molar-refractivity contribution is -0.125. The smallest absolute Gasteiger partial charge is 0.232 e. The minimum absolute atomic E-state index is 0.00791. The summed E-state index contributed by atoms with van der Waals surface area (Å²) < 4.78 is 1.55. The van der Waals surface area contributed by atoms with Gasteiger partial charge in [-0.15, -0.1) is 0 Å². The van der Waals surface area contributed by atoms with Crippen LogP contribution >= 0.6 is 23.2 Å². The van der Waals surface area contributed by atoms with E-state index < -0.39 is 5.92 Å². The van der Waals surface area contributed by atoms with E-state index in [2.05, 4.69) is 20.7 Å². The fraction of sp³-hybridized carbons (Fsp3) is 0.231. The van der Waals surface area contributed by atoms with Gasteiger partial charge in [-0.2, -0.15) is 10.1 Å². The van der Waals surface area contributed by atoms with Crippen molar-refractivity contribution in [3.63, 3.8) is 0 Å². The molecule has 0 saturated heterocycles. The van der Waals surface area contributed by atoms with Crippen LogP contribution in [0.15, 0.2) is 24.5 Å². The first kappa shape index (κ1) is 14.8. The van der Waals surface area contributed by atoms with E-state index >= 15 is 0 Å². The van der Waals surface area contributed by atoms with Gasteiger partial charge in [0.2, 0.25) is 17.8 Å².